The molecule has 0 unspecified atom stereocenters. The van der Waals surface area contributed by atoms with E-state index < -0.39 is 0 Å². The first-order valence-electron chi connectivity index (χ1n) is 4.89. The van der Waals surface area contributed by atoms with Gasteiger partial charge in [0.15, 0.2) is 0 Å². The summed E-state index contributed by atoms with van der Waals surface area (Å²) in [5.74, 6) is 0. The van der Waals surface area contributed by atoms with Crippen molar-refractivity contribution in [1.82, 2.24) is 0 Å². The lowest BCUT2D eigenvalue weighted by atomic mass is 9.97. The number of aryl methyl sites for hydroxylation is 1. The predicted molar refractivity (Wildman–Crippen MR) is 62.3 cm³/mol. The van der Waals surface area contributed by atoms with E-state index in [0.717, 1.165) is 17.9 Å². The van der Waals surface area contributed by atoms with E-state index in [1.165, 1.54) is 16.7 Å². The topological polar surface area (TPSA) is 0 Å². The van der Waals surface area contributed by atoms with Crippen LogP contribution in [0.5, 0.6) is 0 Å². The molecule has 1 aromatic carbocycles. The van der Waals surface area contributed by atoms with E-state index in [1.54, 1.807) is 0 Å². The van der Waals surface area contributed by atoms with Crippen LogP contribution in [0, 0.1) is 6.92 Å². The van der Waals surface area contributed by atoms with Gasteiger partial charge >= 0.3 is 0 Å². The molecule has 0 aliphatic heterocycles. The van der Waals surface area contributed by atoms with Gasteiger partial charge in [-0.3, -0.25) is 0 Å². The molecule has 1 aliphatic rings. The molecule has 0 nitrogen and oxygen atoms in total. The minimum Gasteiger partial charge on any atom is -0.0840 e. The van der Waals surface area contributed by atoms with Gasteiger partial charge in [0.1, 0.15) is 0 Å². The minimum absolute atomic E-state index is 0.889. The summed E-state index contributed by atoms with van der Waals surface area (Å²) < 4.78 is 0. The van der Waals surface area contributed by atoms with Gasteiger partial charge in [0.05, 0.1) is 0 Å². The van der Waals surface area contributed by atoms with Crippen molar-refractivity contribution >= 4 is 17.2 Å². The molecule has 14 heavy (non-hydrogen) atoms. The third-order valence-corrected chi connectivity index (χ3v) is 2.87. The molecule has 0 fully saturated rings. The molecule has 0 saturated carbocycles. The zero-order chi connectivity index (χ0) is 9.97. The normalized spacial score (nSPS) is 16.1. The molecule has 0 bridgehead atoms. The van der Waals surface area contributed by atoms with Crippen LogP contribution >= 0.6 is 11.6 Å². The number of allylic oxidation sites excluding steroid dienone is 4. The van der Waals surface area contributed by atoms with Crippen LogP contribution < -0.4 is 0 Å². The van der Waals surface area contributed by atoms with Gasteiger partial charge in [-0.05, 0) is 37.0 Å². The van der Waals surface area contributed by atoms with Gasteiger partial charge in [-0.25, -0.2) is 0 Å². The van der Waals surface area contributed by atoms with Crippen LogP contribution in [0.15, 0.2) is 41.4 Å². The van der Waals surface area contributed by atoms with E-state index in [0.29, 0.717) is 0 Å². The molecule has 0 N–H and O–H groups in total. The van der Waals surface area contributed by atoms with Crippen LogP contribution in [0.2, 0.25) is 0 Å². The average Bonchev–Trinajstić information content (AvgIpc) is 2.20. The Labute approximate surface area is 89.9 Å². The molecule has 2 rings (SSSR count). The molecule has 1 aliphatic carbocycles. The van der Waals surface area contributed by atoms with Gasteiger partial charge in [0.25, 0.3) is 0 Å². The van der Waals surface area contributed by atoms with Crippen molar-refractivity contribution in [3.8, 4) is 0 Å². The van der Waals surface area contributed by atoms with Crippen LogP contribution in [-0.2, 0) is 0 Å². The lowest BCUT2D eigenvalue weighted by molar-refractivity contribution is 1.05. The summed E-state index contributed by atoms with van der Waals surface area (Å²) in [7, 11) is 0. The Hall–Kier alpha value is -1.01. The fourth-order valence-corrected chi connectivity index (χ4v) is 1.96. The molecule has 0 heterocycles. The van der Waals surface area contributed by atoms with E-state index in [1.807, 2.05) is 6.08 Å². The second-order valence-corrected chi connectivity index (χ2v) is 4.04. The molecule has 0 radical (unpaired) electrons. The Balaban J connectivity index is 2.39. The fourth-order valence-electron chi connectivity index (χ4n) is 1.67. The molecule has 0 amide bonds. The Morgan fingerprint density at radius 1 is 1.14 bits per heavy atom. The summed E-state index contributed by atoms with van der Waals surface area (Å²) >= 11 is 6.15. The summed E-state index contributed by atoms with van der Waals surface area (Å²) in [5.41, 5.74) is 3.82. The Kier molecular flexibility index (Phi) is 2.74. The number of hydrogen-bond acceptors (Lipinski definition) is 0. The first-order chi connectivity index (χ1) is 6.77. The zero-order valence-electron chi connectivity index (χ0n) is 8.26. The lowest BCUT2D eigenvalue weighted by Crippen LogP contribution is -1.90. The SMILES string of the molecule is Cc1ccc(C2=C(Cl)C=CCC2)cc1. The van der Waals surface area contributed by atoms with E-state index in [9.17, 15) is 0 Å². The van der Waals surface area contributed by atoms with Gasteiger partial charge in [0.2, 0.25) is 0 Å². The summed E-state index contributed by atoms with van der Waals surface area (Å²) in [5, 5.41) is 0.889. The molecule has 0 spiro atoms. The predicted octanol–water partition coefficient (Wildman–Crippen LogP) is 4.29. The first-order valence-corrected chi connectivity index (χ1v) is 5.27. The summed E-state index contributed by atoms with van der Waals surface area (Å²) in [4.78, 5) is 0. The maximum Gasteiger partial charge on any atom is 0.0440 e. The van der Waals surface area contributed by atoms with Crippen molar-refractivity contribution in [3.63, 3.8) is 0 Å². The Bertz CT molecular complexity index is 382. The summed E-state index contributed by atoms with van der Waals surface area (Å²) in [6.07, 6.45) is 6.28. The average molecular weight is 205 g/mol. The van der Waals surface area contributed by atoms with Gasteiger partial charge < -0.3 is 0 Å². The number of halogens is 1. The van der Waals surface area contributed by atoms with Crippen molar-refractivity contribution in [2.45, 2.75) is 19.8 Å². The van der Waals surface area contributed by atoms with Crippen molar-refractivity contribution in [2.75, 3.05) is 0 Å². The van der Waals surface area contributed by atoms with Gasteiger partial charge in [-0.15, -0.1) is 0 Å². The zero-order valence-corrected chi connectivity index (χ0v) is 9.01. The van der Waals surface area contributed by atoms with Crippen LogP contribution in [-0.4, -0.2) is 0 Å². The van der Waals surface area contributed by atoms with Crippen LogP contribution in [0.25, 0.3) is 5.57 Å². The maximum atomic E-state index is 6.15. The number of rotatable bonds is 1. The number of benzene rings is 1. The monoisotopic (exact) mass is 204 g/mol. The minimum atomic E-state index is 0.889. The van der Waals surface area contributed by atoms with Crippen LogP contribution in [0.1, 0.15) is 24.0 Å². The molecular weight excluding hydrogens is 192 g/mol. The molecule has 0 saturated heterocycles. The van der Waals surface area contributed by atoms with Gasteiger partial charge in [-0.1, -0.05) is 47.5 Å². The summed E-state index contributed by atoms with van der Waals surface area (Å²) in [6.45, 7) is 2.10. The third-order valence-electron chi connectivity index (χ3n) is 2.51. The Morgan fingerprint density at radius 3 is 2.50 bits per heavy atom. The van der Waals surface area contributed by atoms with E-state index in [-0.39, 0.29) is 0 Å². The highest BCUT2D eigenvalue weighted by Crippen LogP contribution is 2.30. The molecule has 72 valence electrons. The van der Waals surface area contributed by atoms with Gasteiger partial charge in [0, 0.05) is 5.03 Å². The molecule has 1 heteroatoms. The maximum absolute atomic E-state index is 6.15. The Morgan fingerprint density at radius 2 is 1.86 bits per heavy atom. The highest BCUT2D eigenvalue weighted by molar-refractivity contribution is 6.34. The largest absolute Gasteiger partial charge is 0.0840 e. The lowest BCUT2D eigenvalue weighted by Gasteiger charge is -2.12. The van der Waals surface area contributed by atoms with Crippen molar-refractivity contribution in [3.05, 3.63) is 52.6 Å². The highest BCUT2D eigenvalue weighted by Gasteiger charge is 2.08. The standard InChI is InChI=1S/C13H13Cl/c1-10-6-8-11(9-7-10)12-4-2-3-5-13(12)14/h3,5-9H,2,4H2,1H3. The second kappa shape index (κ2) is 4.02. The third kappa shape index (κ3) is 1.91. The van der Waals surface area contributed by atoms with E-state index in [4.69, 9.17) is 11.6 Å². The molecule has 1 aromatic rings. The van der Waals surface area contributed by atoms with Crippen LogP contribution in [0.4, 0.5) is 0 Å². The molecule has 0 atom stereocenters. The first kappa shape index (κ1) is 9.54. The van der Waals surface area contributed by atoms with Gasteiger partial charge in [-0.2, -0.15) is 0 Å². The molecular formula is C13H13Cl. The number of hydrogen-bond donors (Lipinski definition) is 0. The summed E-state index contributed by atoms with van der Waals surface area (Å²) in [6, 6.07) is 8.55. The second-order valence-electron chi connectivity index (χ2n) is 3.63. The fraction of sp³-hybridized carbons (Fsp3) is 0.231. The molecule has 0 aromatic heterocycles. The van der Waals surface area contributed by atoms with Crippen LogP contribution in [0.3, 0.4) is 0 Å². The quantitative estimate of drug-likeness (QED) is 0.640. The van der Waals surface area contributed by atoms with E-state index in [2.05, 4.69) is 37.3 Å². The smallest absolute Gasteiger partial charge is 0.0440 e. The van der Waals surface area contributed by atoms with Crippen molar-refractivity contribution in [1.29, 1.82) is 0 Å². The van der Waals surface area contributed by atoms with Crippen molar-refractivity contribution < 1.29 is 0 Å². The highest BCUT2D eigenvalue weighted by atomic mass is 35.5. The van der Waals surface area contributed by atoms with Crippen molar-refractivity contribution in [2.24, 2.45) is 0 Å². The van der Waals surface area contributed by atoms with E-state index >= 15 is 0 Å².